The number of rotatable bonds is 44. The molecule has 1 atom stereocenters. The number of hydrogen-bond donors (Lipinski definition) is 0. The normalized spacial score (nSPS) is 12.7. The van der Waals surface area contributed by atoms with Crippen LogP contribution >= 0.6 is 0 Å². The van der Waals surface area contributed by atoms with E-state index in [9.17, 15) is 14.4 Å². The predicted octanol–water partition coefficient (Wildman–Crippen LogP) is 16.3. The smallest absolute Gasteiger partial charge is 0.306 e. The standard InChI is InChI=1S/C54H92O6/c1-4-7-10-13-16-19-22-24-25-26-27-28-29-31-32-35-38-41-44-47-53(56)59-50-51(49-58-52(55)46-43-40-37-34-21-18-15-12-9-6-3)60-54(57)48-45-42-39-36-33-30-23-20-17-14-11-8-5-2/h7,10,15-16,18-19,24-25,27-28,30,33,51H,4-6,8-9,11-14,17,20-23,26,29,31-32,34-50H2,1-3H3/b10-7-,18-15-,19-16-,25-24-,28-27-,33-30-. The Morgan fingerprint density at radius 3 is 1.10 bits per heavy atom. The minimum Gasteiger partial charge on any atom is -0.462 e. The van der Waals surface area contributed by atoms with Gasteiger partial charge in [-0.25, -0.2) is 0 Å². The van der Waals surface area contributed by atoms with Crippen molar-refractivity contribution in [2.75, 3.05) is 13.2 Å². The van der Waals surface area contributed by atoms with E-state index in [1.54, 1.807) is 0 Å². The highest BCUT2D eigenvalue weighted by molar-refractivity contribution is 5.71. The summed E-state index contributed by atoms with van der Waals surface area (Å²) in [4.78, 5) is 37.8. The third kappa shape index (κ3) is 45.9. The van der Waals surface area contributed by atoms with E-state index >= 15 is 0 Å². The van der Waals surface area contributed by atoms with Crippen molar-refractivity contribution in [3.63, 3.8) is 0 Å². The molecule has 0 spiro atoms. The molecule has 344 valence electrons. The van der Waals surface area contributed by atoms with Gasteiger partial charge in [-0.1, -0.05) is 184 Å². The van der Waals surface area contributed by atoms with Gasteiger partial charge >= 0.3 is 17.9 Å². The first-order valence-electron chi connectivity index (χ1n) is 24.9. The summed E-state index contributed by atoms with van der Waals surface area (Å²) in [6.07, 6.45) is 60.3. The molecule has 0 aromatic carbocycles. The van der Waals surface area contributed by atoms with Gasteiger partial charge in [0.1, 0.15) is 13.2 Å². The Labute approximate surface area is 370 Å². The SMILES string of the molecule is CC/C=C\C/C=C\C/C=C\C/C=C\CCCCCCCCC(=O)OCC(COC(=O)CCCCCC/C=C\CCCC)OC(=O)CCCCC/C=C\CCCCCCCC. The molecule has 0 rings (SSSR count). The molecular weight excluding hydrogens is 745 g/mol. The van der Waals surface area contributed by atoms with Crippen LogP contribution in [-0.2, 0) is 28.6 Å². The van der Waals surface area contributed by atoms with Crippen LogP contribution < -0.4 is 0 Å². The highest BCUT2D eigenvalue weighted by Crippen LogP contribution is 2.13. The van der Waals surface area contributed by atoms with Gasteiger partial charge in [-0.2, -0.15) is 0 Å². The van der Waals surface area contributed by atoms with Gasteiger partial charge in [0.25, 0.3) is 0 Å². The van der Waals surface area contributed by atoms with Crippen molar-refractivity contribution in [1.29, 1.82) is 0 Å². The number of carbonyl (C=O) groups excluding carboxylic acids is 3. The molecule has 6 nitrogen and oxygen atoms in total. The largest absolute Gasteiger partial charge is 0.462 e. The summed E-state index contributed by atoms with van der Waals surface area (Å²) in [5.41, 5.74) is 0. The lowest BCUT2D eigenvalue weighted by Gasteiger charge is -2.18. The highest BCUT2D eigenvalue weighted by atomic mass is 16.6. The molecule has 0 aromatic rings. The van der Waals surface area contributed by atoms with Crippen molar-refractivity contribution in [3.8, 4) is 0 Å². The van der Waals surface area contributed by atoms with Crippen molar-refractivity contribution in [2.45, 2.75) is 239 Å². The first kappa shape index (κ1) is 56.9. The van der Waals surface area contributed by atoms with Gasteiger partial charge < -0.3 is 14.2 Å². The van der Waals surface area contributed by atoms with Crippen LogP contribution in [0.5, 0.6) is 0 Å². The summed E-state index contributed by atoms with van der Waals surface area (Å²) < 4.78 is 16.7. The molecule has 0 aliphatic carbocycles. The van der Waals surface area contributed by atoms with Gasteiger partial charge in [0, 0.05) is 19.3 Å². The minimum atomic E-state index is -0.792. The second-order valence-electron chi connectivity index (χ2n) is 16.3. The average Bonchev–Trinajstić information content (AvgIpc) is 3.24. The van der Waals surface area contributed by atoms with Crippen LogP contribution in [0.15, 0.2) is 72.9 Å². The number of carbonyl (C=O) groups is 3. The number of unbranched alkanes of at least 4 members (excludes halogenated alkanes) is 21. The summed E-state index contributed by atoms with van der Waals surface area (Å²) in [5, 5.41) is 0. The van der Waals surface area contributed by atoms with Crippen LogP contribution in [0.3, 0.4) is 0 Å². The fraction of sp³-hybridized carbons (Fsp3) is 0.722. The Bertz CT molecular complexity index is 1140. The van der Waals surface area contributed by atoms with Crippen LogP contribution in [-0.4, -0.2) is 37.2 Å². The van der Waals surface area contributed by atoms with Crippen molar-refractivity contribution >= 4 is 17.9 Å². The molecule has 0 amide bonds. The van der Waals surface area contributed by atoms with E-state index in [-0.39, 0.29) is 31.1 Å². The Kier molecular flexibility index (Phi) is 46.0. The minimum absolute atomic E-state index is 0.0925. The van der Waals surface area contributed by atoms with E-state index in [2.05, 4.69) is 93.7 Å². The molecular formula is C54H92O6. The molecule has 0 fully saturated rings. The lowest BCUT2D eigenvalue weighted by Crippen LogP contribution is -2.30. The van der Waals surface area contributed by atoms with Crippen LogP contribution in [0, 0.1) is 0 Å². The second kappa shape index (κ2) is 48.5. The summed E-state index contributed by atoms with van der Waals surface area (Å²) in [5.74, 6) is -0.937. The fourth-order valence-electron chi connectivity index (χ4n) is 6.64. The number of esters is 3. The first-order chi connectivity index (χ1) is 29.5. The molecule has 0 heterocycles. The Morgan fingerprint density at radius 1 is 0.350 bits per heavy atom. The Morgan fingerprint density at radius 2 is 0.667 bits per heavy atom. The van der Waals surface area contributed by atoms with Crippen molar-refractivity contribution in [2.24, 2.45) is 0 Å². The van der Waals surface area contributed by atoms with E-state index in [1.807, 2.05) is 0 Å². The molecule has 0 radical (unpaired) electrons. The summed E-state index contributed by atoms with van der Waals surface area (Å²) >= 11 is 0. The van der Waals surface area contributed by atoms with Crippen LogP contribution in [0.1, 0.15) is 233 Å². The molecule has 0 N–H and O–H groups in total. The molecule has 60 heavy (non-hydrogen) atoms. The maximum atomic E-state index is 12.7. The number of hydrogen-bond acceptors (Lipinski definition) is 6. The van der Waals surface area contributed by atoms with Crippen LogP contribution in [0.4, 0.5) is 0 Å². The van der Waals surface area contributed by atoms with Crippen molar-refractivity contribution in [1.82, 2.24) is 0 Å². The molecule has 1 unspecified atom stereocenters. The van der Waals surface area contributed by atoms with Gasteiger partial charge in [0.05, 0.1) is 0 Å². The summed E-state index contributed by atoms with van der Waals surface area (Å²) in [7, 11) is 0. The molecule has 0 aromatic heterocycles. The van der Waals surface area contributed by atoms with E-state index < -0.39 is 6.10 Å². The highest BCUT2D eigenvalue weighted by Gasteiger charge is 2.19. The maximum Gasteiger partial charge on any atom is 0.306 e. The molecule has 0 aliphatic rings. The summed E-state index contributed by atoms with van der Waals surface area (Å²) in [6, 6.07) is 0. The number of ether oxygens (including phenoxy) is 3. The van der Waals surface area contributed by atoms with Gasteiger partial charge in [-0.3, -0.25) is 14.4 Å². The zero-order valence-electron chi connectivity index (χ0n) is 39.2. The zero-order valence-corrected chi connectivity index (χ0v) is 39.2. The molecule has 0 aliphatic heterocycles. The van der Waals surface area contributed by atoms with E-state index in [0.29, 0.717) is 19.3 Å². The monoisotopic (exact) mass is 837 g/mol. The Hall–Kier alpha value is -3.15. The van der Waals surface area contributed by atoms with Crippen molar-refractivity contribution < 1.29 is 28.6 Å². The predicted molar refractivity (Wildman–Crippen MR) is 256 cm³/mol. The molecule has 0 saturated carbocycles. The maximum absolute atomic E-state index is 12.7. The lowest BCUT2D eigenvalue weighted by molar-refractivity contribution is -0.167. The first-order valence-corrected chi connectivity index (χ1v) is 24.9. The third-order valence-electron chi connectivity index (χ3n) is 10.4. The average molecular weight is 837 g/mol. The topological polar surface area (TPSA) is 78.9 Å². The zero-order chi connectivity index (χ0) is 43.7. The van der Waals surface area contributed by atoms with Gasteiger partial charge in [-0.15, -0.1) is 0 Å². The van der Waals surface area contributed by atoms with Crippen LogP contribution in [0.2, 0.25) is 0 Å². The number of allylic oxidation sites excluding steroid dienone is 12. The second-order valence-corrected chi connectivity index (χ2v) is 16.3. The lowest BCUT2D eigenvalue weighted by atomic mass is 10.1. The van der Waals surface area contributed by atoms with E-state index in [4.69, 9.17) is 14.2 Å². The van der Waals surface area contributed by atoms with Gasteiger partial charge in [0.15, 0.2) is 6.10 Å². The molecule has 0 bridgehead atoms. The van der Waals surface area contributed by atoms with E-state index in [1.165, 1.54) is 70.6 Å². The third-order valence-corrected chi connectivity index (χ3v) is 10.4. The fourth-order valence-corrected chi connectivity index (χ4v) is 6.64. The summed E-state index contributed by atoms with van der Waals surface area (Å²) in [6.45, 7) is 6.43. The quantitative estimate of drug-likeness (QED) is 0.0263. The Balaban J connectivity index is 4.39. The molecule has 6 heteroatoms. The van der Waals surface area contributed by atoms with Gasteiger partial charge in [0.2, 0.25) is 0 Å². The van der Waals surface area contributed by atoms with E-state index in [0.717, 1.165) is 122 Å². The van der Waals surface area contributed by atoms with Gasteiger partial charge in [-0.05, 0) is 103 Å². The molecule has 0 saturated heterocycles. The van der Waals surface area contributed by atoms with Crippen LogP contribution in [0.25, 0.3) is 0 Å². The van der Waals surface area contributed by atoms with Crippen molar-refractivity contribution in [3.05, 3.63) is 72.9 Å².